The van der Waals surface area contributed by atoms with Crippen molar-refractivity contribution in [3.8, 4) is 16.9 Å². The van der Waals surface area contributed by atoms with E-state index in [1.807, 2.05) is 65.7 Å². The number of carbonyl (C=O) groups excluding carboxylic acids is 2. The summed E-state index contributed by atoms with van der Waals surface area (Å²) in [5.41, 5.74) is 3.03. The molecule has 7 heteroatoms. The SMILES string of the molecule is CCC(=O)N1CCC(c2nc(C(=O)Nc3cc(OC)ccc3-c3ccccc3)cs2)CC1. The first-order valence-corrected chi connectivity index (χ1v) is 11.7. The number of amides is 2. The fraction of sp³-hybridized carbons (Fsp3) is 0.320. The minimum absolute atomic E-state index is 0.204. The number of anilines is 1. The molecule has 1 aliphatic rings. The van der Waals surface area contributed by atoms with Crippen molar-refractivity contribution in [2.75, 3.05) is 25.5 Å². The molecule has 2 amide bonds. The fourth-order valence-electron chi connectivity index (χ4n) is 3.99. The van der Waals surface area contributed by atoms with Gasteiger partial charge in [-0.3, -0.25) is 9.59 Å². The Morgan fingerprint density at radius 1 is 1.16 bits per heavy atom. The summed E-state index contributed by atoms with van der Waals surface area (Å²) in [6.45, 7) is 3.40. The van der Waals surface area contributed by atoms with Crippen LogP contribution in [0.4, 0.5) is 5.69 Å². The Balaban J connectivity index is 1.49. The van der Waals surface area contributed by atoms with Crippen LogP contribution in [0.2, 0.25) is 0 Å². The van der Waals surface area contributed by atoms with Crippen molar-refractivity contribution in [2.45, 2.75) is 32.1 Å². The highest BCUT2D eigenvalue weighted by Gasteiger charge is 2.26. The molecule has 2 aromatic carbocycles. The number of ether oxygens (including phenoxy) is 1. The zero-order chi connectivity index (χ0) is 22.5. The van der Waals surface area contributed by atoms with E-state index in [2.05, 4.69) is 10.3 Å². The van der Waals surface area contributed by atoms with Gasteiger partial charge in [-0.1, -0.05) is 37.3 Å². The number of nitrogens with one attached hydrogen (secondary N) is 1. The standard InChI is InChI=1S/C25H27N3O3S/c1-3-23(29)28-13-11-18(12-14-28)25-27-22(16-32-25)24(30)26-21-15-19(31-2)9-10-20(21)17-7-5-4-6-8-17/h4-10,15-16,18H,3,11-14H2,1-2H3,(H,26,30). The van der Waals surface area contributed by atoms with Gasteiger partial charge in [-0.25, -0.2) is 4.98 Å². The first-order chi connectivity index (χ1) is 15.6. The number of hydrogen-bond donors (Lipinski definition) is 1. The second kappa shape index (κ2) is 9.96. The van der Waals surface area contributed by atoms with Gasteiger partial charge in [-0.05, 0) is 30.5 Å². The lowest BCUT2D eigenvalue weighted by atomic mass is 9.97. The number of piperidine rings is 1. The first kappa shape index (κ1) is 22.0. The molecule has 2 heterocycles. The van der Waals surface area contributed by atoms with E-state index < -0.39 is 0 Å². The molecular formula is C25H27N3O3S. The molecule has 1 N–H and O–H groups in total. The smallest absolute Gasteiger partial charge is 0.275 e. The lowest BCUT2D eigenvalue weighted by Gasteiger charge is -2.30. The topological polar surface area (TPSA) is 71.5 Å². The number of carbonyl (C=O) groups is 2. The van der Waals surface area contributed by atoms with E-state index in [-0.39, 0.29) is 11.8 Å². The second-order valence-corrected chi connectivity index (χ2v) is 8.70. The van der Waals surface area contributed by atoms with Crippen LogP contribution in [0, 0.1) is 0 Å². The third-order valence-corrected chi connectivity index (χ3v) is 6.82. The van der Waals surface area contributed by atoms with Gasteiger partial charge in [0, 0.05) is 42.4 Å². The van der Waals surface area contributed by atoms with E-state index in [9.17, 15) is 9.59 Å². The molecule has 0 bridgehead atoms. The van der Waals surface area contributed by atoms with Gasteiger partial charge in [0.1, 0.15) is 11.4 Å². The molecule has 0 unspecified atom stereocenters. The molecule has 0 atom stereocenters. The van der Waals surface area contributed by atoms with Crippen molar-refractivity contribution in [3.05, 3.63) is 64.6 Å². The van der Waals surface area contributed by atoms with Crippen molar-refractivity contribution in [1.29, 1.82) is 0 Å². The van der Waals surface area contributed by atoms with Gasteiger partial charge < -0.3 is 15.0 Å². The normalized spacial score (nSPS) is 14.2. The maximum atomic E-state index is 13.0. The van der Waals surface area contributed by atoms with Crippen molar-refractivity contribution in [1.82, 2.24) is 9.88 Å². The molecule has 1 aromatic heterocycles. The summed E-state index contributed by atoms with van der Waals surface area (Å²) in [7, 11) is 1.61. The average Bonchev–Trinajstić information content (AvgIpc) is 3.35. The number of rotatable bonds is 6. The summed E-state index contributed by atoms with van der Waals surface area (Å²) in [5.74, 6) is 0.929. The Kier molecular flexibility index (Phi) is 6.85. The lowest BCUT2D eigenvalue weighted by molar-refractivity contribution is -0.131. The summed E-state index contributed by atoms with van der Waals surface area (Å²) >= 11 is 1.52. The van der Waals surface area contributed by atoms with Crippen LogP contribution >= 0.6 is 11.3 Å². The molecule has 1 saturated heterocycles. The number of aromatic nitrogens is 1. The van der Waals surface area contributed by atoms with E-state index in [1.165, 1.54) is 11.3 Å². The molecule has 1 aliphatic heterocycles. The third-order valence-electron chi connectivity index (χ3n) is 5.81. The Bertz CT molecular complexity index is 1090. The summed E-state index contributed by atoms with van der Waals surface area (Å²) in [6.07, 6.45) is 2.31. The van der Waals surface area contributed by atoms with Crippen molar-refractivity contribution in [3.63, 3.8) is 0 Å². The molecule has 3 aromatic rings. The fourth-order valence-corrected chi connectivity index (χ4v) is 4.96. The predicted molar refractivity (Wildman–Crippen MR) is 127 cm³/mol. The van der Waals surface area contributed by atoms with Gasteiger partial charge in [0.25, 0.3) is 5.91 Å². The minimum Gasteiger partial charge on any atom is -0.497 e. The summed E-state index contributed by atoms with van der Waals surface area (Å²) < 4.78 is 5.36. The average molecular weight is 450 g/mol. The van der Waals surface area contributed by atoms with Gasteiger partial charge in [0.15, 0.2) is 0 Å². The Labute approximate surface area is 192 Å². The molecule has 0 saturated carbocycles. The van der Waals surface area contributed by atoms with E-state index in [0.717, 1.165) is 42.1 Å². The van der Waals surface area contributed by atoms with Crippen molar-refractivity contribution < 1.29 is 14.3 Å². The molecule has 166 valence electrons. The predicted octanol–water partition coefficient (Wildman–Crippen LogP) is 5.19. The molecule has 32 heavy (non-hydrogen) atoms. The highest BCUT2D eigenvalue weighted by Crippen LogP contribution is 2.33. The van der Waals surface area contributed by atoms with Crippen LogP contribution < -0.4 is 10.1 Å². The Morgan fingerprint density at radius 2 is 1.91 bits per heavy atom. The monoisotopic (exact) mass is 449 g/mol. The van der Waals surface area contributed by atoms with Crippen LogP contribution in [-0.4, -0.2) is 41.9 Å². The molecule has 1 fully saturated rings. The zero-order valence-electron chi connectivity index (χ0n) is 18.3. The van der Waals surface area contributed by atoms with E-state index in [1.54, 1.807) is 7.11 Å². The number of benzene rings is 2. The Morgan fingerprint density at radius 3 is 2.59 bits per heavy atom. The summed E-state index contributed by atoms with van der Waals surface area (Å²) in [4.78, 5) is 31.5. The molecule has 4 rings (SSSR count). The van der Waals surface area contributed by atoms with Gasteiger partial charge in [0.2, 0.25) is 5.91 Å². The second-order valence-electron chi connectivity index (χ2n) is 7.81. The number of nitrogens with zero attached hydrogens (tertiary/aromatic N) is 2. The van der Waals surface area contributed by atoms with Crippen LogP contribution in [-0.2, 0) is 4.79 Å². The highest BCUT2D eigenvalue weighted by atomic mass is 32.1. The van der Waals surface area contributed by atoms with Gasteiger partial charge >= 0.3 is 0 Å². The largest absolute Gasteiger partial charge is 0.497 e. The summed E-state index contributed by atoms with van der Waals surface area (Å²) in [6, 6.07) is 15.6. The maximum absolute atomic E-state index is 13.0. The number of thiazole rings is 1. The van der Waals surface area contributed by atoms with Gasteiger partial charge in [-0.2, -0.15) is 0 Å². The van der Waals surface area contributed by atoms with Crippen LogP contribution in [0.1, 0.15) is 47.6 Å². The molecule has 0 aliphatic carbocycles. The number of hydrogen-bond acceptors (Lipinski definition) is 5. The number of likely N-dealkylation sites (tertiary alicyclic amines) is 1. The third kappa shape index (κ3) is 4.83. The lowest BCUT2D eigenvalue weighted by Crippen LogP contribution is -2.37. The highest BCUT2D eigenvalue weighted by molar-refractivity contribution is 7.10. The molecule has 6 nitrogen and oxygen atoms in total. The Hall–Kier alpha value is -3.19. The zero-order valence-corrected chi connectivity index (χ0v) is 19.2. The van der Waals surface area contributed by atoms with E-state index in [4.69, 9.17) is 4.74 Å². The van der Waals surface area contributed by atoms with E-state index in [0.29, 0.717) is 29.5 Å². The number of methoxy groups -OCH3 is 1. The molecule has 0 spiro atoms. The summed E-state index contributed by atoms with van der Waals surface area (Å²) in [5, 5.41) is 5.80. The van der Waals surface area contributed by atoms with Crippen molar-refractivity contribution >= 4 is 28.8 Å². The van der Waals surface area contributed by atoms with E-state index >= 15 is 0 Å². The quantitative estimate of drug-likeness (QED) is 0.562. The van der Waals surface area contributed by atoms with Gasteiger partial charge in [0.05, 0.1) is 17.8 Å². The maximum Gasteiger partial charge on any atom is 0.275 e. The van der Waals surface area contributed by atoms with Crippen LogP contribution in [0.5, 0.6) is 5.75 Å². The molecular weight excluding hydrogens is 422 g/mol. The van der Waals surface area contributed by atoms with Crippen molar-refractivity contribution in [2.24, 2.45) is 0 Å². The van der Waals surface area contributed by atoms with Crippen LogP contribution in [0.15, 0.2) is 53.9 Å². The molecule has 0 radical (unpaired) electrons. The van der Waals surface area contributed by atoms with Crippen LogP contribution in [0.25, 0.3) is 11.1 Å². The van der Waals surface area contributed by atoms with Gasteiger partial charge in [-0.15, -0.1) is 11.3 Å². The minimum atomic E-state index is -0.239. The first-order valence-electron chi connectivity index (χ1n) is 10.9. The van der Waals surface area contributed by atoms with Crippen LogP contribution in [0.3, 0.4) is 0 Å².